The first-order valence-electron chi connectivity index (χ1n) is 6.89. The lowest BCUT2D eigenvalue weighted by Gasteiger charge is -2.19. The molecule has 0 fully saturated rings. The van der Waals surface area contributed by atoms with E-state index in [1.54, 1.807) is 6.07 Å². The van der Waals surface area contributed by atoms with Gasteiger partial charge in [0.1, 0.15) is 6.42 Å². The Morgan fingerprint density at radius 3 is 2.50 bits per heavy atom. The van der Waals surface area contributed by atoms with E-state index in [9.17, 15) is 9.59 Å². The molecule has 4 nitrogen and oxygen atoms in total. The van der Waals surface area contributed by atoms with E-state index in [1.807, 2.05) is 12.1 Å². The molecule has 2 unspecified atom stereocenters. The first-order valence-corrected chi connectivity index (χ1v) is 7.32. The summed E-state index contributed by atoms with van der Waals surface area (Å²) < 4.78 is 0. The molecule has 108 valence electrons. The fourth-order valence-electron chi connectivity index (χ4n) is 2.41. The van der Waals surface area contributed by atoms with Gasteiger partial charge in [-0.2, -0.15) is 0 Å². The van der Waals surface area contributed by atoms with Crippen LogP contribution in [0.4, 0.5) is 11.4 Å². The molecule has 0 aromatic heterocycles. The van der Waals surface area contributed by atoms with Gasteiger partial charge in [-0.05, 0) is 30.0 Å². The lowest BCUT2D eigenvalue weighted by molar-refractivity contribution is -0.123. The molecule has 0 aliphatic carbocycles. The fraction of sp³-hybridized carbons (Fsp3) is 0.467. The van der Waals surface area contributed by atoms with Crippen LogP contribution in [-0.2, 0) is 9.59 Å². The van der Waals surface area contributed by atoms with Gasteiger partial charge in [0.25, 0.3) is 0 Å². The molecule has 5 heteroatoms. The van der Waals surface area contributed by atoms with Crippen molar-refractivity contribution < 1.29 is 9.59 Å². The molecule has 2 amide bonds. The molecule has 20 heavy (non-hydrogen) atoms. The van der Waals surface area contributed by atoms with Crippen LogP contribution in [0.3, 0.4) is 0 Å². The molecule has 1 aliphatic rings. The van der Waals surface area contributed by atoms with E-state index in [2.05, 4.69) is 24.5 Å². The van der Waals surface area contributed by atoms with Crippen LogP contribution in [0, 0.1) is 5.92 Å². The Balaban J connectivity index is 2.27. The fourth-order valence-corrected chi connectivity index (χ4v) is 2.67. The molecular formula is C15H19ClN2O2. The second-order valence-electron chi connectivity index (χ2n) is 5.25. The van der Waals surface area contributed by atoms with E-state index in [1.165, 1.54) is 0 Å². The topological polar surface area (TPSA) is 58.2 Å². The molecule has 0 bridgehead atoms. The number of alkyl halides is 1. The lowest BCUT2D eigenvalue weighted by atomic mass is 9.95. The molecule has 0 radical (unpaired) electrons. The summed E-state index contributed by atoms with van der Waals surface area (Å²) in [5.41, 5.74) is 2.20. The zero-order valence-corrected chi connectivity index (χ0v) is 12.5. The van der Waals surface area contributed by atoms with Crippen molar-refractivity contribution in [2.75, 3.05) is 10.6 Å². The number of fused-ring (bicyclic) bond motifs is 1. The van der Waals surface area contributed by atoms with Crippen LogP contribution in [0.15, 0.2) is 18.2 Å². The molecule has 1 aromatic carbocycles. The highest BCUT2D eigenvalue weighted by Gasteiger charge is 2.21. The van der Waals surface area contributed by atoms with Crippen molar-refractivity contribution >= 4 is 34.8 Å². The number of anilines is 2. The summed E-state index contributed by atoms with van der Waals surface area (Å²) in [7, 11) is 0. The maximum Gasteiger partial charge on any atom is 0.233 e. The highest BCUT2D eigenvalue weighted by atomic mass is 35.5. The number of hydrogen-bond acceptors (Lipinski definition) is 2. The van der Waals surface area contributed by atoms with E-state index >= 15 is 0 Å². The van der Waals surface area contributed by atoms with Crippen LogP contribution < -0.4 is 10.6 Å². The Morgan fingerprint density at radius 2 is 1.85 bits per heavy atom. The normalized spacial score (nSPS) is 17.6. The zero-order valence-electron chi connectivity index (χ0n) is 11.7. The van der Waals surface area contributed by atoms with E-state index < -0.39 is 0 Å². The highest BCUT2D eigenvalue weighted by molar-refractivity contribution is 6.21. The standard InChI is InChI=1S/C15H19ClN2O2/c1-3-4-9(2)15(16)10-5-6-11-12(7-10)18-14(20)8-13(19)17-11/h5-7,9,15H,3-4,8H2,1-2H3,(H,17,19)(H,18,20). The Labute approximate surface area is 123 Å². The van der Waals surface area contributed by atoms with Gasteiger partial charge >= 0.3 is 0 Å². The molecule has 1 heterocycles. The second kappa shape index (κ2) is 6.27. The van der Waals surface area contributed by atoms with Crippen molar-refractivity contribution in [2.45, 2.75) is 38.5 Å². The summed E-state index contributed by atoms with van der Waals surface area (Å²) in [5.74, 6) is -0.238. The zero-order chi connectivity index (χ0) is 14.7. The van der Waals surface area contributed by atoms with Crippen molar-refractivity contribution in [3.63, 3.8) is 0 Å². The minimum Gasteiger partial charge on any atom is -0.324 e. The van der Waals surface area contributed by atoms with Gasteiger partial charge in [-0.3, -0.25) is 9.59 Å². The quantitative estimate of drug-likeness (QED) is 0.657. The summed E-state index contributed by atoms with van der Waals surface area (Å²) in [6.45, 7) is 4.25. The molecule has 2 rings (SSSR count). The first kappa shape index (κ1) is 14.9. The minimum atomic E-state index is -0.300. The average molecular weight is 295 g/mol. The molecule has 2 atom stereocenters. The number of carbonyl (C=O) groups excluding carboxylic acids is 2. The van der Waals surface area contributed by atoms with E-state index in [-0.39, 0.29) is 23.6 Å². The Bertz CT molecular complexity index is 531. The van der Waals surface area contributed by atoms with Crippen molar-refractivity contribution in [1.29, 1.82) is 0 Å². The number of nitrogens with one attached hydrogen (secondary N) is 2. The van der Waals surface area contributed by atoms with E-state index in [0.717, 1.165) is 18.4 Å². The van der Waals surface area contributed by atoms with E-state index in [4.69, 9.17) is 11.6 Å². The number of amides is 2. The van der Waals surface area contributed by atoms with Gasteiger partial charge in [0.05, 0.1) is 16.8 Å². The van der Waals surface area contributed by atoms with E-state index in [0.29, 0.717) is 17.3 Å². The Kier molecular flexibility index (Phi) is 4.65. The largest absolute Gasteiger partial charge is 0.324 e. The van der Waals surface area contributed by atoms with Gasteiger partial charge in [0.15, 0.2) is 0 Å². The number of halogens is 1. The molecule has 0 spiro atoms. The van der Waals surface area contributed by atoms with Gasteiger partial charge in [0, 0.05) is 0 Å². The first-order chi connectivity index (χ1) is 9.51. The SMILES string of the molecule is CCCC(C)C(Cl)c1ccc2c(c1)NC(=O)CC(=O)N2. The third kappa shape index (κ3) is 3.31. The van der Waals surface area contributed by atoms with Crippen LogP contribution in [0.1, 0.15) is 44.1 Å². The highest BCUT2D eigenvalue weighted by Crippen LogP contribution is 2.35. The van der Waals surface area contributed by atoms with Crippen molar-refractivity contribution in [1.82, 2.24) is 0 Å². The number of benzene rings is 1. The van der Waals surface area contributed by atoms with Gasteiger partial charge in [-0.25, -0.2) is 0 Å². The lowest BCUT2D eigenvalue weighted by Crippen LogP contribution is -2.16. The summed E-state index contributed by atoms with van der Waals surface area (Å²) in [4.78, 5) is 23.0. The van der Waals surface area contributed by atoms with Crippen molar-refractivity contribution in [2.24, 2.45) is 5.92 Å². The third-order valence-corrected chi connectivity index (χ3v) is 4.16. The van der Waals surface area contributed by atoms with Gasteiger partial charge < -0.3 is 10.6 Å². The molecule has 1 aliphatic heterocycles. The summed E-state index contributed by atoms with van der Waals surface area (Å²) >= 11 is 6.48. The van der Waals surface area contributed by atoms with Crippen molar-refractivity contribution in [3.8, 4) is 0 Å². The van der Waals surface area contributed by atoms with Gasteiger partial charge in [0.2, 0.25) is 11.8 Å². The summed E-state index contributed by atoms with van der Waals surface area (Å²) in [6.07, 6.45) is 1.98. The van der Waals surface area contributed by atoms with Crippen LogP contribution in [-0.4, -0.2) is 11.8 Å². The molecule has 1 aromatic rings. The second-order valence-corrected chi connectivity index (χ2v) is 5.72. The van der Waals surface area contributed by atoms with Crippen LogP contribution in [0.2, 0.25) is 0 Å². The number of carbonyl (C=O) groups is 2. The molecular weight excluding hydrogens is 276 g/mol. The summed E-state index contributed by atoms with van der Waals surface area (Å²) in [6, 6.07) is 5.55. The van der Waals surface area contributed by atoms with Crippen LogP contribution >= 0.6 is 11.6 Å². The van der Waals surface area contributed by atoms with Gasteiger partial charge in [-0.1, -0.05) is 26.3 Å². The maximum absolute atomic E-state index is 11.6. The monoisotopic (exact) mass is 294 g/mol. The number of rotatable bonds is 4. The predicted octanol–water partition coefficient (Wildman–Crippen LogP) is 3.68. The number of hydrogen-bond donors (Lipinski definition) is 2. The maximum atomic E-state index is 11.6. The van der Waals surface area contributed by atoms with Crippen molar-refractivity contribution in [3.05, 3.63) is 23.8 Å². The average Bonchev–Trinajstić information content (AvgIpc) is 2.53. The third-order valence-electron chi connectivity index (χ3n) is 3.47. The predicted molar refractivity (Wildman–Crippen MR) is 81.0 cm³/mol. The van der Waals surface area contributed by atoms with Crippen LogP contribution in [0.25, 0.3) is 0 Å². The molecule has 0 saturated carbocycles. The van der Waals surface area contributed by atoms with Crippen LogP contribution in [0.5, 0.6) is 0 Å². The Morgan fingerprint density at radius 1 is 1.20 bits per heavy atom. The molecule has 0 saturated heterocycles. The summed E-state index contributed by atoms with van der Waals surface area (Å²) in [5, 5.41) is 5.35. The Hall–Kier alpha value is -1.55. The van der Waals surface area contributed by atoms with Gasteiger partial charge in [-0.15, -0.1) is 11.6 Å². The smallest absolute Gasteiger partial charge is 0.233 e. The molecule has 2 N–H and O–H groups in total. The minimum absolute atomic E-state index is 0.101.